The molecule has 1 atom stereocenters. The fourth-order valence-electron chi connectivity index (χ4n) is 2.16. The molecule has 0 bridgehead atoms. The van der Waals surface area contributed by atoms with Gasteiger partial charge >= 0.3 is 12.1 Å². The topological polar surface area (TPSA) is 84.9 Å². The molecule has 6 nitrogen and oxygen atoms in total. The molecule has 0 radical (unpaired) electrons. The standard InChI is InChI=1S/C18H19NO5/c1-23-17(21)16(11-14-8-5-9-15(20)10-14)19-18(22)24-12-13-6-3-2-4-7-13/h2-10,16,20H,11-12H2,1H3,(H,19,22). The lowest BCUT2D eigenvalue weighted by molar-refractivity contribution is -0.143. The summed E-state index contributed by atoms with van der Waals surface area (Å²) in [5.74, 6) is -0.502. The first-order chi connectivity index (χ1) is 11.6. The first-order valence-electron chi connectivity index (χ1n) is 7.41. The number of rotatable bonds is 6. The number of phenolic OH excluding ortho intramolecular Hbond substituents is 1. The molecule has 0 aliphatic carbocycles. The van der Waals surface area contributed by atoms with E-state index in [1.54, 1.807) is 12.1 Å². The Hall–Kier alpha value is -3.02. The van der Waals surface area contributed by atoms with E-state index in [1.807, 2.05) is 30.3 Å². The lowest BCUT2D eigenvalue weighted by Gasteiger charge is -2.16. The summed E-state index contributed by atoms with van der Waals surface area (Å²) < 4.78 is 9.81. The summed E-state index contributed by atoms with van der Waals surface area (Å²) in [6.45, 7) is 0.104. The van der Waals surface area contributed by atoms with Crippen LogP contribution in [0.5, 0.6) is 5.75 Å². The Kier molecular flexibility index (Phi) is 6.19. The maximum Gasteiger partial charge on any atom is 0.408 e. The normalized spacial score (nSPS) is 11.4. The van der Waals surface area contributed by atoms with E-state index < -0.39 is 18.1 Å². The second-order valence-corrected chi connectivity index (χ2v) is 5.16. The number of esters is 1. The number of methoxy groups -OCH3 is 1. The molecule has 126 valence electrons. The Morgan fingerprint density at radius 2 is 1.79 bits per heavy atom. The number of ether oxygens (including phenoxy) is 2. The van der Waals surface area contributed by atoms with E-state index in [1.165, 1.54) is 19.2 Å². The molecule has 6 heteroatoms. The number of benzene rings is 2. The minimum Gasteiger partial charge on any atom is -0.508 e. The summed E-state index contributed by atoms with van der Waals surface area (Å²) in [7, 11) is 1.24. The van der Waals surface area contributed by atoms with Crippen molar-refractivity contribution >= 4 is 12.1 Å². The third-order valence-corrected chi connectivity index (χ3v) is 3.34. The third kappa shape index (κ3) is 5.31. The van der Waals surface area contributed by atoms with Crippen molar-refractivity contribution in [1.82, 2.24) is 5.32 Å². The maximum atomic E-state index is 11.9. The molecule has 2 aromatic rings. The van der Waals surface area contributed by atoms with Gasteiger partial charge < -0.3 is 19.9 Å². The van der Waals surface area contributed by atoms with Crippen molar-refractivity contribution in [1.29, 1.82) is 0 Å². The molecule has 1 unspecified atom stereocenters. The van der Waals surface area contributed by atoms with Crippen LogP contribution in [0, 0.1) is 0 Å². The zero-order chi connectivity index (χ0) is 17.4. The number of hydrogen-bond acceptors (Lipinski definition) is 5. The van der Waals surface area contributed by atoms with Crippen molar-refractivity contribution < 1.29 is 24.2 Å². The molecule has 1 amide bonds. The van der Waals surface area contributed by atoms with Crippen molar-refractivity contribution in [2.24, 2.45) is 0 Å². The van der Waals surface area contributed by atoms with Crippen LogP contribution >= 0.6 is 0 Å². The van der Waals surface area contributed by atoms with Crippen LogP contribution in [0.2, 0.25) is 0 Å². The molecule has 0 aromatic heterocycles. The molecule has 0 fully saturated rings. The van der Waals surface area contributed by atoms with Crippen molar-refractivity contribution in [3.05, 3.63) is 65.7 Å². The van der Waals surface area contributed by atoms with Crippen molar-refractivity contribution in [3.8, 4) is 5.75 Å². The summed E-state index contributed by atoms with van der Waals surface area (Å²) >= 11 is 0. The second-order valence-electron chi connectivity index (χ2n) is 5.16. The Balaban J connectivity index is 1.95. The van der Waals surface area contributed by atoms with E-state index >= 15 is 0 Å². The second kappa shape index (κ2) is 8.57. The van der Waals surface area contributed by atoms with Gasteiger partial charge in [0.2, 0.25) is 0 Å². The molecule has 0 saturated carbocycles. The van der Waals surface area contributed by atoms with Gasteiger partial charge in [-0.1, -0.05) is 42.5 Å². The van der Waals surface area contributed by atoms with Gasteiger partial charge in [-0.15, -0.1) is 0 Å². The van der Waals surface area contributed by atoms with E-state index in [4.69, 9.17) is 9.47 Å². The van der Waals surface area contributed by atoms with Crippen molar-refractivity contribution in [2.45, 2.75) is 19.1 Å². The molecule has 2 aromatic carbocycles. The monoisotopic (exact) mass is 329 g/mol. The van der Waals surface area contributed by atoms with Crippen LogP contribution in [0.15, 0.2) is 54.6 Å². The quantitative estimate of drug-likeness (QED) is 0.795. The summed E-state index contributed by atoms with van der Waals surface area (Å²) in [6, 6.07) is 14.8. The molecule has 24 heavy (non-hydrogen) atoms. The van der Waals surface area contributed by atoms with Crippen LogP contribution < -0.4 is 5.32 Å². The Morgan fingerprint density at radius 1 is 1.08 bits per heavy atom. The van der Waals surface area contributed by atoms with E-state index in [2.05, 4.69) is 5.32 Å². The van der Waals surface area contributed by atoms with Crippen LogP contribution in [0.1, 0.15) is 11.1 Å². The van der Waals surface area contributed by atoms with Crippen molar-refractivity contribution in [2.75, 3.05) is 7.11 Å². The molecule has 0 spiro atoms. The number of hydrogen-bond donors (Lipinski definition) is 2. The molecule has 2 rings (SSSR count). The van der Waals surface area contributed by atoms with E-state index in [0.29, 0.717) is 5.56 Å². The zero-order valence-corrected chi connectivity index (χ0v) is 13.3. The predicted octanol–water partition coefficient (Wildman–Crippen LogP) is 2.40. The molecule has 2 N–H and O–H groups in total. The Bertz CT molecular complexity index is 687. The van der Waals surface area contributed by atoms with E-state index in [-0.39, 0.29) is 18.8 Å². The smallest absolute Gasteiger partial charge is 0.408 e. The first-order valence-corrected chi connectivity index (χ1v) is 7.41. The third-order valence-electron chi connectivity index (χ3n) is 3.34. The van der Waals surface area contributed by atoms with Gasteiger partial charge in [-0.3, -0.25) is 0 Å². The van der Waals surface area contributed by atoms with Crippen LogP contribution in [-0.2, 0) is 27.3 Å². The summed E-state index contributed by atoms with van der Waals surface area (Å²) in [4.78, 5) is 23.8. The maximum absolute atomic E-state index is 11.9. The Labute approximate surface area is 140 Å². The molecule has 0 aliphatic rings. The summed E-state index contributed by atoms with van der Waals surface area (Å²) in [5, 5.41) is 12.0. The zero-order valence-electron chi connectivity index (χ0n) is 13.3. The molecule has 0 heterocycles. The van der Waals surface area contributed by atoms with Gasteiger partial charge in [0.05, 0.1) is 7.11 Å². The average molecular weight is 329 g/mol. The Morgan fingerprint density at radius 3 is 2.46 bits per heavy atom. The van der Waals surface area contributed by atoms with Gasteiger partial charge in [-0.05, 0) is 23.3 Å². The van der Waals surface area contributed by atoms with E-state index in [0.717, 1.165) is 5.56 Å². The summed E-state index contributed by atoms with van der Waals surface area (Å²) in [5.41, 5.74) is 1.53. The minimum atomic E-state index is -0.903. The number of nitrogens with one attached hydrogen (secondary N) is 1. The number of phenols is 1. The summed E-state index contributed by atoms with van der Waals surface area (Å²) in [6.07, 6.45) is -0.531. The highest BCUT2D eigenvalue weighted by atomic mass is 16.6. The number of amides is 1. The van der Waals surface area contributed by atoms with Gasteiger partial charge in [0.25, 0.3) is 0 Å². The molecule has 0 aliphatic heterocycles. The fourth-order valence-corrected chi connectivity index (χ4v) is 2.16. The largest absolute Gasteiger partial charge is 0.508 e. The van der Waals surface area contributed by atoms with Crippen LogP contribution in [0.4, 0.5) is 4.79 Å². The number of alkyl carbamates (subject to hydrolysis) is 1. The van der Waals surface area contributed by atoms with Gasteiger partial charge in [-0.2, -0.15) is 0 Å². The molecular weight excluding hydrogens is 310 g/mol. The predicted molar refractivity (Wildman–Crippen MR) is 87.4 cm³/mol. The van der Waals surface area contributed by atoms with Crippen LogP contribution in [0.3, 0.4) is 0 Å². The van der Waals surface area contributed by atoms with Crippen LogP contribution in [0.25, 0.3) is 0 Å². The average Bonchev–Trinajstić information content (AvgIpc) is 2.59. The number of aromatic hydroxyl groups is 1. The molecular formula is C18H19NO5. The van der Waals surface area contributed by atoms with Crippen LogP contribution in [-0.4, -0.2) is 30.3 Å². The van der Waals surface area contributed by atoms with Gasteiger partial charge in [-0.25, -0.2) is 9.59 Å². The highest BCUT2D eigenvalue weighted by Crippen LogP contribution is 2.13. The number of carbonyl (C=O) groups excluding carboxylic acids is 2. The fraction of sp³-hybridized carbons (Fsp3) is 0.222. The van der Waals surface area contributed by atoms with Gasteiger partial charge in [0, 0.05) is 6.42 Å². The highest BCUT2D eigenvalue weighted by Gasteiger charge is 2.22. The van der Waals surface area contributed by atoms with Gasteiger partial charge in [0.15, 0.2) is 0 Å². The lowest BCUT2D eigenvalue weighted by Crippen LogP contribution is -2.43. The van der Waals surface area contributed by atoms with Crippen molar-refractivity contribution in [3.63, 3.8) is 0 Å². The molecule has 0 saturated heterocycles. The highest BCUT2D eigenvalue weighted by molar-refractivity contribution is 5.81. The van der Waals surface area contributed by atoms with E-state index in [9.17, 15) is 14.7 Å². The minimum absolute atomic E-state index is 0.0859. The SMILES string of the molecule is COC(=O)C(Cc1cccc(O)c1)NC(=O)OCc1ccccc1. The van der Waals surface area contributed by atoms with Gasteiger partial charge in [0.1, 0.15) is 18.4 Å². The number of carbonyl (C=O) groups is 2. The lowest BCUT2D eigenvalue weighted by atomic mass is 10.1. The first kappa shape index (κ1) is 17.3.